The largest absolute Gasteiger partial charge is 0.381 e. The van der Waals surface area contributed by atoms with Crippen molar-refractivity contribution in [1.29, 1.82) is 0 Å². The van der Waals surface area contributed by atoms with Gasteiger partial charge < -0.3 is 15.0 Å². The van der Waals surface area contributed by atoms with Crippen LogP contribution >= 0.6 is 12.4 Å². The Kier molecular flexibility index (Phi) is 7.85. The zero-order valence-corrected chi connectivity index (χ0v) is 13.6. The van der Waals surface area contributed by atoms with Gasteiger partial charge in [0.15, 0.2) is 0 Å². The van der Waals surface area contributed by atoms with Crippen molar-refractivity contribution in [2.45, 2.75) is 45.6 Å². The zero-order valence-electron chi connectivity index (χ0n) is 12.8. The van der Waals surface area contributed by atoms with E-state index in [-0.39, 0.29) is 18.3 Å². The number of carbonyl (C=O) groups is 1. The van der Waals surface area contributed by atoms with Gasteiger partial charge in [0.2, 0.25) is 5.91 Å². The van der Waals surface area contributed by atoms with Gasteiger partial charge in [-0.15, -0.1) is 12.4 Å². The first-order valence-electron chi connectivity index (χ1n) is 7.80. The van der Waals surface area contributed by atoms with Crippen LogP contribution in [-0.4, -0.2) is 49.7 Å². The fourth-order valence-electron chi connectivity index (χ4n) is 3.30. The monoisotopic (exact) mass is 304 g/mol. The highest BCUT2D eigenvalue weighted by atomic mass is 35.5. The Morgan fingerprint density at radius 3 is 2.90 bits per heavy atom. The smallest absolute Gasteiger partial charge is 0.225 e. The Morgan fingerprint density at radius 2 is 2.20 bits per heavy atom. The van der Waals surface area contributed by atoms with Gasteiger partial charge in [-0.25, -0.2) is 0 Å². The summed E-state index contributed by atoms with van der Waals surface area (Å²) in [6.07, 6.45) is 4.32. The van der Waals surface area contributed by atoms with Gasteiger partial charge in [0.05, 0.1) is 6.61 Å². The minimum atomic E-state index is 0. The van der Waals surface area contributed by atoms with E-state index >= 15 is 0 Å². The molecule has 2 fully saturated rings. The van der Waals surface area contributed by atoms with E-state index in [4.69, 9.17) is 4.74 Å². The molecule has 118 valence electrons. The van der Waals surface area contributed by atoms with Gasteiger partial charge in [0.25, 0.3) is 0 Å². The molecule has 2 aliphatic rings. The number of carbonyl (C=O) groups excluding carboxylic acids is 1. The molecule has 1 amide bonds. The predicted molar refractivity (Wildman–Crippen MR) is 83.2 cm³/mol. The Labute approximate surface area is 129 Å². The number of piperidine rings is 2. The number of amides is 1. The molecule has 1 N–H and O–H groups in total. The highest BCUT2D eigenvalue weighted by molar-refractivity contribution is 5.85. The lowest BCUT2D eigenvalue weighted by molar-refractivity contribution is -0.139. The van der Waals surface area contributed by atoms with Crippen molar-refractivity contribution in [3.05, 3.63) is 0 Å². The lowest BCUT2D eigenvalue weighted by Gasteiger charge is -2.37. The van der Waals surface area contributed by atoms with Crippen molar-refractivity contribution in [1.82, 2.24) is 10.2 Å². The SMILES string of the molecule is CCOCC1CCCN(C(=O)[C@H]2CCN[C@@H](C)C2)C1.Cl. The molecule has 2 heterocycles. The van der Waals surface area contributed by atoms with Gasteiger partial charge in [-0.3, -0.25) is 4.79 Å². The van der Waals surface area contributed by atoms with Gasteiger partial charge in [-0.05, 0) is 52.0 Å². The van der Waals surface area contributed by atoms with E-state index in [1.54, 1.807) is 0 Å². The fraction of sp³-hybridized carbons (Fsp3) is 0.933. The fourth-order valence-corrected chi connectivity index (χ4v) is 3.30. The number of nitrogens with one attached hydrogen (secondary N) is 1. The molecule has 0 saturated carbocycles. The zero-order chi connectivity index (χ0) is 13.7. The average molecular weight is 305 g/mol. The van der Waals surface area contributed by atoms with E-state index in [2.05, 4.69) is 17.1 Å². The topological polar surface area (TPSA) is 41.6 Å². The van der Waals surface area contributed by atoms with E-state index in [0.717, 1.165) is 52.1 Å². The van der Waals surface area contributed by atoms with Crippen LogP contribution in [0.3, 0.4) is 0 Å². The van der Waals surface area contributed by atoms with Crippen molar-refractivity contribution in [2.24, 2.45) is 11.8 Å². The lowest BCUT2D eigenvalue weighted by atomic mass is 9.90. The molecule has 4 nitrogen and oxygen atoms in total. The highest BCUT2D eigenvalue weighted by Crippen LogP contribution is 2.23. The summed E-state index contributed by atoms with van der Waals surface area (Å²) in [7, 11) is 0. The molecular formula is C15H29ClN2O2. The molecule has 0 radical (unpaired) electrons. The molecule has 3 atom stereocenters. The summed E-state index contributed by atoms with van der Waals surface area (Å²) in [5.74, 6) is 1.16. The first-order chi connectivity index (χ1) is 9.20. The number of nitrogens with zero attached hydrogens (tertiary/aromatic N) is 1. The second-order valence-electron chi connectivity index (χ2n) is 6.03. The van der Waals surface area contributed by atoms with Crippen LogP contribution in [0.15, 0.2) is 0 Å². The van der Waals surface area contributed by atoms with Crippen LogP contribution < -0.4 is 5.32 Å². The summed E-state index contributed by atoms with van der Waals surface area (Å²) in [6.45, 7) is 8.61. The minimum absolute atomic E-state index is 0. The average Bonchev–Trinajstić information content (AvgIpc) is 2.44. The summed E-state index contributed by atoms with van der Waals surface area (Å²) in [6, 6.07) is 0.478. The molecule has 0 aromatic carbocycles. The van der Waals surface area contributed by atoms with Crippen LogP contribution in [0.25, 0.3) is 0 Å². The Bertz CT molecular complexity index is 302. The molecule has 0 aromatic heterocycles. The Balaban J connectivity index is 0.00000200. The molecule has 0 bridgehead atoms. The maximum atomic E-state index is 12.6. The molecule has 2 rings (SSSR count). The minimum Gasteiger partial charge on any atom is -0.381 e. The van der Waals surface area contributed by atoms with Gasteiger partial charge in [-0.2, -0.15) is 0 Å². The summed E-state index contributed by atoms with van der Waals surface area (Å²) < 4.78 is 5.52. The van der Waals surface area contributed by atoms with Crippen LogP contribution in [-0.2, 0) is 9.53 Å². The number of rotatable bonds is 4. The lowest BCUT2D eigenvalue weighted by Crippen LogP contribution is -2.47. The van der Waals surface area contributed by atoms with Crippen molar-refractivity contribution in [3.63, 3.8) is 0 Å². The van der Waals surface area contributed by atoms with Gasteiger partial charge >= 0.3 is 0 Å². The molecule has 2 aliphatic heterocycles. The first kappa shape index (κ1) is 17.7. The molecule has 0 spiro atoms. The van der Waals surface area contributed by atoms with Crippen molar-refractivity contribution in [2.75, 3.05) is 32.8 Å². The number of hydrogen-bond acceptors (Lipinski definition) is 3. The summed E-state index contributed by atoms with van der Waals surface area (Å²) in [5.41, 5.74) is 0. The number of likely N-dealkylation sites (tertiary alicyclic amines) is 1. The molecule has 5 heteroatoms. The van der Waals surface area contributed by atoms with E-state index in [9.17, 15) is 4.79 Å². The first-order valence-corrected chi connectivity index (χ1v) is 7.80. The van der Waals surface area contributed by atoms with Crippen LogP contribution in [0.1, 0.15) is 39.5 Å². The standard InChI is InChI=1S/C15H28N2O2.ClH/c1-3-19-11-13-5-4-8-17(10-13)15(18)14-6-7-16-12(2)9-14;/h12-14,16H,3-11H2,1-2H3;1H/t12-,13?,14-;/m0./s1. The van der Waals surface area contributed by atoms with E-state index in [0.29, 0.717) is 17.9 Å². The molecule has 0 aromatic rings. The van der Waals surface area contributed by atoms with Gasteiger partial charge in [-0.1, -0.05) is 0 Å². The molecule has 20 heavy (non-hydrogen) atoms. The molecule has 0 aliphatic carbocycles. The molecule has 1 unspecified atom stereocenters. The van der Waals surface area contributed by atoms with E-state index < -0.39 is 0 Å². The van der Waals surface area contributed by atoms with Crippen LogP contribution in [0.5, 0.6) is 0 Å². The normalized spacial score (nSPS) is 30.7. The van der Waals surface area contributed by atoms with Crippen LogP contribution in [0.4, 0.5) is 0 Å². The predicted octanol–water partition coefficient (Wildman–Crippen LogP) is 2.07. The third-order valence-electron chi connectivity index (χ3n) is 4.36. The van der Waals surface area contributed by atoms with Crippen molar-refractivity contribution < 1.29 is 9.53 Å². The van der Waals surface area contributed by atoms with Crippen LogP contribution in [0, 0.1) is 11.8 Å². The quantitative estimate of drug-likeness (QED) is 0.864. The summed E-state index contributed by atoms with van der Waals surface area (Å²) in [4.78, 5) is 14.7. The Hall–Kier alpha value is -0.320. The van der Waals surface area contributed by atoms with Gasteiger partial charge in [0.1, 0.15) is 0 Å². The molecule has 2 saturated heterocycles. The van der Waals surface area contributed by atoms with E-state index in [1.165, 1.54) is 6.42 Å². The maximum absolute atomic E-state index is 12.6. The van der Waals surface area contributed by atoms with Crippen molar-refractivity contribution >= 4 is 18.3 Å². The second kappa shape index (κ2) is 8.85. The number of halogens is 1. The van der Waals surface area contributed by atoms with E-state index in [1.807, 2.05) is 6.92 Å². The highest BCUT2D eigenvalue weighted by Gasteiger charge is 2.31. The third-order valence-corrected chi connectivity index (χ3v) is 4.36. The second-order valence-corrected chi connectivity index (χ2v) is 6.03. The van der Waals surface area contributed by atoms with Crippen molar-refractivity contribution in [3.8, 4) is 0 Å². The molecular weight excluding hydrogens is 276 g/mol. The number of ether oxygens (including phenoxy) is 1. The number of hydrogen-bond donors (Lipinski definition) is 1. The van der Waals surface area contributed by atoms with Gasteiger partial charge in [0, 0.05) is 31.7 Å². The maximum Gasteiger partial charge on any atom is 0.225 e. The Morgan fingerprint density at radius 1 is 1.40 bits per heavy atom. The summed E-state index contributed by atoms with van der Waals surface area (Å²) >= 11 is 0. The third kappa shape index (κ3) is 4.90. The van der Waals surface area contributed by atoms with Crippen LogP contribution in [0.2, 0.25) is 0 Å². The summed E-state index contributed by atoms with van der Waals surface area (Å²) in [5, 5.41) is 3.42.